The second kappa shape index (κ2) is 7.76. The summed E-state index contributed by atoms with van der Waals surface area (Å²) in [6.45, 7) is 6.40. The topological polar surface area (TPSA) is 56.2 Å². The number of nitrogens with one attached hydrogen (secondary N) is 1. The van der Waals surface area contributed by atoms with Crippen LogP contribution in [0.4, 0.5) is 4.39 Å². The van der Waals surface area contributed by atoms with E-state index >= 15 is 0 Å². The third kappa shape index (κ3) is 4.31. The molecule has 2 aromatic rings. The zero-order valence-electron chi connectivity index (χ0n) is 13.6. The highest BCUT2D eigenvalue weighted by Crippen LogP contribution is 2.17. The van der Waals surface area contributed by atoms with E-state index in [9.17, 15) is 9.18 Å². The molecule has 1 atom stereocenters. The highest BCUT2D eigenvalue weighted by atomic mass is 19.1. The van der Waals surface area contributed by atoms with Crippen LogP contribution in [0, 0.1) is 5.82 Å². The molecule has 0 aliphatic rings. The molecule has 23 heavy (non-hydrogen) atoms. The molecule has 0 radical (unpaired) electrons. The molecule has 6 heteroatoms. The Morgan fingerprint density at radius 3 is 2.78 bits per heavy atom. The molecular weight excluding hydrogens is 297 g/mol. The van der Waals surface area contributed by atoms with Gasteiger partial charge in [0.2, 0.25) is 5.91 Å². The first-order chi connectivity index (χ1) is 11.0. The fourth-order valence-electron chi connectivity index (χ4n) is 2.27. The van der Waals surface area contributed by atoms with Gasteiger partial charge in [-0.05, 0) is 19.1 Å². The molecule has 1 aromatic carbocycles. The largest absolute Gasteiger partial charge is 0.489 e. The van der Waals surface area contributed by atoms with E-state index in [0.29, 0.717) is 6.54 Å². The summed E-state index contributed by atoms with van der Waals surface area (Å²) in [5.74, 6) is 0.764. The Morgan fingerprint density at radius 2 is 2.09 bits per heavy atom. The van der Waals surface area contributed by atoms with Crippen molar-refractivity contribution >= 4 is 5.91 Å². The summed E-state index contributed by atoms with van der Waals surface area (Å²) in [4.78, 5) is 16.5. The maximum atomic E-state index is 13.4. The zero-order valence-corrected chi connectivity index (χ0v) is 13.6. The first-order valence-corrected chi connectivity index (χ1v) is 7.68. The van der Waals surface area contributed by atoms with Crippen LogP contribution in [0.2, 0.25) is 0 Å². The number of imidazole rings is 1. The Hall–Kier alpha value is -2.37. The molecular formula is C17H22FN3O2. The highest BCUT2D eigenvalue weighted by molar-refractivity contribution is 5.79. The van der Waals surface area contributed by atoms with E-state index in [1.807, 2.05) is 25.3 Å². The van der Waals surface area contributed by atoms with Crippen LogP contribution >= 0.6 is 0 Å². The Kier molecular flexibility index (Phi) is 5.73. The second-order valence-corrected chi connectivity index (χ2v) is 5.59. The first kappa shape index (κ1) is 17.0. The molecule has 0 spiro atoms. The van der Waals surface area contributed by atoms with Crippen LogP contribution in [-0.4, -0.2) is 28.6 Å². The van der Waals surface area contributed by atoms with Gasteiger partial charge in [-0.1, -0.05) is 26.0 Å². The molecule has 1 amide bonds. The van der Waals surface area contributed by atoms with Crippen molar-refractivity contribution in [3.8, 4) is 5.75 Å². The van der Waals surface area contributed by atoms with Crippen LogP contribution in [0.1, 0.15) is 38.6 Å². The molecule has 0 saturated heterocycles. The maximum absolute atomic E-state index is 13.4. The molecule has 1 N–H and O–H groups in total. The number of carbonyl (C=O) groups excluding carboxylic acids is 1. The van der Waals surface area contributed by atoms with Crippen LogP contribution < -0.4 is 10.1 Å². The lowest BCUT2D eigenvalue weighted by molar-refractivity contribution is -0.124. The van der Waals surface area contributed by atoms with E-state index < -0.39 is 5.82 Å². The number of hydrogen-bond acceptors (Lipinski definition) is 3. The lowest BCUT2D eigenvalue weighted by Crippen LogP contribution is -2.34. The summed E-state index contributed by atoms with van der Waals surface area (Å²) in [6, 6.07) is 5.83. The van der Waals surface area contributed by atoms with Crippen molar-refractivity contribution < 1.29 is 13.9 Å². The van der Waals surface area contributed by atoms with Gasteiger partial charge < -0.3 is 14.6 Å². The molecule has 5 nitrogen and oxygen atoms in total. The monoisotopic (exact) mass is 319 g/mol. The summed E-state index contributed by atoms with van der Waals surface area (Å²) < 4.78 is 20.6. The van der Waals surface area contributed by atoms with Gasteiger partial charge in [0.25, 0.3) is 0 Å². The van der Waals surface area contributed by atoms with Gasteiger partial charge in [-0.3, -0.25) is 4.79 Å². The molecule has 0 bridgehead atoms. The number of halogens is 1. The highest BCUT2D eigenvalue weighted by Gasteiger charge is 2.18. The normalized spacial score (nSPS) is 12.2. The summed E-state index contributed by atoms with van der Waals surface area (Å²) in [6.07, 6.45) is 3.50. The minimum atomic E-state index is -0.410. The summed E-state index contributed by atoms with van der Waals surface area (Å²) in [7, 11) is 0. The van der Waals surface area contributed by atoms with Gasteiger partial charge in [-0.25, -0.2) is 9.37 Å². The van der Waals surface area contributed by atoms with Crippen molar-refractivity contribution in [2.75, 3.05) is 13.2 Å². The van der Waals surface area contributed by atoms with E-state index in [4.69, 9.17) is 4.74 Å². The molecule has 2 rings (SSSR count). The molecule has 1 aromatic heterocycles. The van der Waals surface area contributed by atoms with Gasteiger partial charge >= 0.3 is 0 Å². The van der Waals surface area contributed by atoms with Crippen molar-refractivity contribution in [1.29, 1.82) is 0 Å². The minimum Gasteiger partial charge on any atom is -0.489 e. The summed E-state index contributed by atoms with van der Waals surface area (Å²) in [5.41, 5.74) is 0. The van der Waals surface area contributed by atoms with Crippen LogP contribution in [0.3, 0.4) is 0 Å². The number of carbonyl (C=O) groups is 1. The van der Waals surface area contributed by atoms with Crippen LogP contribution in [-0.2, 0) is 4.79 Å². The SMILES string of the molecule is CC(C)c1nccn1C(C)C(=O)NCCOc1ccccc1F. The first-order valence-electron chi connectivity index (χ1n) is 7.68. The Morgan fingerprint density at radius 1 is 1.35 bits per heavy atom. The Labute approximate surface area is 135 Å². The van der Waals surface area contributed by atoms with Crippen LogP contribution in [0.5, 0.6) is 5.75 Å². The van der Waals surface area contributed by atoms with E-state index in [-0.39, 0.29) is 30.2 Å². The van der Waals surface area contributed by atoms with Crippen LogP contribution in [0.25, 0.3) is 0 Å². The number of ether oxygens (including phenoxy) is 1. The zero-order chi connectivity index (χ0) is 16.8. The van der Waals surface area contributed by atoms with E-state index in [2.05, 4.69) is 10.3 Å². The molecule has 0 aliphatic heterocycles. The van der Waals surface area contributed by atoms with Gasteiger partial charge in [0.05, 0.1) is 6.54 Å². The number of para-hydroxylation sites is 1. The van der Waals surface area contributed by atoms with E-state index in [0.717, 1.165) is 5.82 Å². The van der Waals surface area contributed by atoms with Gasteiger partial charge in [-0.2, -0.15) is 0 Å². The quantitative estimate of drug-likeness (QED) is 0.798. The lowest BCUT2D eigenvalue weighted by atomic mass is 10.2. The van der Waals surface area contributed by atoms with Crippen molar-refractivity contribution in [3.63, 3.8) is 0 Å². The van der Waals surface area contributed by atoms with Gasteiger partial charge in [0.15, 0.2) is 11.6 Å². The number of aromatic nitrogens is 2. The fraction of sp³-hybridized carbons (Fsp3) is 0.412. The fourth-order valence-corrected chi connectivity index (χ4v) is 2.27. The van der Waals surface area contributed by atoms with E-state index in [1.165, 1.54) is 6.07 Å². The molecule has 0 saturated carbocycles. The average Bonchev–Trinajstić information content (AvgIpc) is 3.02. The summed E-state index contributed by atoms with van der Waals surface area (Å²) in [5, 5.41) is 2.79. The Balaban J connectivity index is 1.83. The number of hydrogen-bond donors (Lipinski definition) is 1. The third-order valence-electron chi connectivity index (χ3n) is 3.51. The van der Waals surface area contributed by atoms with Crippen molar-refractivity contribution in [1.82, 2.24) is 14.9 Å². The minimum absolute atomic E-state index is 0.123. The predicted molar refractivity (Wildman–Crippen MR) is 85.9 cm³/mol. The second-order valence-electron chi connectivity index (χ2n) is 5.59. The molecule has 124 valence electrons. The smallest absolute Gasteiger partial charge is 0.242 e. The Bertz CT molecular complexity index is 655. The van der Waals surface area contributed by atoms with Gasteiger partial charge in [0.1, 0.15) is 18.5 Å². The lowest BCUT2D eigenvalue weighted by Gasteiger charge is -2.18. The van der Waals surface area contributed by atoms with Crippen LogP contribution in [0.15, 0.2) is 36.7 Å². The van der Waals surface area contributed by atoms with Crippen molar-refractivity contribution in [2.45, 2.75) is 32.7 Å². The van der Waals surface area contributed by atoms with Gasteiger partial charge in [0, 0.05) is 18.3 Å². The van der Waals surface area contributed by atoms with Gasteiger partial charge in [-0.15, -0.1) is 0 Å². The van der Waals surface area contributed by atoms with E-state index in [1.54, 1.807) is 30.6 Å². The summed E-state index contributed by atoms with van der Waals surface area (Å²) >= 11 is 0. The van der Waals surface area contributed by atoms with Crippen molar-refractivity contribution in [2.24, 2.45) is 0 Å². The molecule has 1 heterocycles. The number of nitrogens with zero attached hydrogens (tertiary/aromatic N) is 2. The average molecular weight is 319 g/mol. The number of amides is 1. The predicted octanol–water partition coefficient (Wildman–Crippen LogP) is 2.90. The number of benzene rings is 1. The van der Waals surface area contributed by atoms with Crippen molar-refractivity contribution in [3.05, 3.63) is 48.3 Å². The third-order valence-corrected chi connectivity index (χ3v) is 3.51. The molecule has 0 fully saturated rings. The molecule has 1 unspecified atom stereocenters. The molecule has 0 aliphatic carbocycles. The standard InChI is InChI=1S/C17H22FN3O2/c1-12(2)16-19-8-10-21(16)13(3)17(22)20-9-11-23-15-7-5-4-6-14(15)18/h4-8,10,12-13H,9,11H2,1-3H3,(H,20,22). The number of rotatable bonds is 7. The maximum Gasteiger partial charge on any atom is 0.242 e.